The van der Waals surface area contributed by atoms with Crippen LogP contribution in [0, 0.1) is 39.8 Å². The molecule has 0 amide bonds. The van der Waals surface area contributed by atoms with E-state index in [1.807, 2.05) is 42.5 Å². The summed E-state index contributed by atoms with van der Waals surface area (Å²) < 4.78 is 14.9. The van der Waals surface area contributed by atoms with Crippen LogP contribution in [0.5, 0.6) is 0 Å². The molecule has 0 heterocycles. The normalized spacial score (nSPS) is 12.0. The van der Waals surface area contributed by atoms with Crippen LogP contribution in [0.4, 0.5) is 4.39 Å². The number of rotatable bonds is 2. The average molecular weight is 461 g/mol. The second-order valence-corrected chi connectivity index (χ2v) is 8.81. The highest BCUT2D eigenvalue weighted by Gasteiger charge is 2.30. The Morgan fingerprint density at radius 1 is 0.611 bits per heavy atom. The van der Waals surface area contributed by atoms with Gasteiger partial charge in [-0.15, -0.1) is 0 Å². The molecule has 0 saturated carbocycles. The van der Waals surface area contributed by atoms with Gasteiger partial charge in [0.15, 0.2) is 0 Å². The first-order valence-corrected chi connectivity index (χ1v) is 11.4. The van der Waals surface area contributed by atoms with E-state index in [-0.39, 0.29) is 5.82 Å². The van der Waals surface area contributed by atoms with E-state index in [1.165, 1.54) is 6.07 Å². The molecule has 0 saturated heterocycles. The lowest BCUT2D eigenvalue weighted by Gasteiger charge is -2.06. The predicted molar refractivity (Wildman–Crippen MR) is 139 cm³/mol. The molecule has 4 heteroatoms. The Kier molecular flexibility index (Phi) is 4.69. The van der Waals surface area contributed by atoms with Crippen molar-refractivity contribution in [2.45, 2.75) is 6.92 Å². The Bertz CT molecular complexity index is 1870. The SMILES string of the molecule is C/C(C#N)=c1/c(-c2ccc(C#N)cc2)c2c3cccc4c(F)ccc(c-2c1-c1ccc(C#N)cc1)c43. The number of fused-ring (bicyclic) bond motifs is 3. The molecular formula is C32H16FN3. The van der Waals surface area contributed by atoms with Gasteiger partial charge in [0.25, 0.3) is 0 Å². The highest BCUT2D eigenvalue weighted by molar-refractivity contribution is 6.29. The molecule has 0 aliphatic heterocycles. The largest absolute Gasteiger partial charge is 0.206 e. The molecule has 0 bridgehead atoms. The van der Waals surface area contributed by atoms with Crippen LogP contribution in [-0.4, -0.2) is 0 Å². The van der Waals surface area contributed by atoms with Crippen LogP contribution in [0.3, 0.4) is 0 Å². The minimum atomic E-state index is -0.277. The molecule has 0 N–H and O–H groups in total. The fourth-order valence-corrected chi connectivity index (χ4v) is 5.38. The summed E-state index contributed by atoms with van der Waals surface area (Å²) in [6, 6.07) is 30.3. The smallest absolute Gasteiger partial charge is 0.131 e. The van der Waals surface area contributed by atoms with Crippen molar-refractivity contribution in [1.82, 2.24) is 0 Å². The Morgan fingerprint density at radius 2 is 1.11 bits per heavy atom. The molecule has 2 aliphatic carbocycles. The molecule has 3 nitrogen and oxygen atoms in total. The quantitative estimate of drug-likeness (QED) is 0.274. The first-order chi connectivity index (χ1) is 17.6. The third kappa shape index (κ3) is 2.88. The molecule has 36 heavy (non-hydrogen) atoms. The van der Waals surface area contributed by atoms with Gasteiger partial charge >= 0.3 is 0 Å². The Balaban J connectivity index is 1.89. The molecule has 166 valence electrons. The van der Waals surface area contributed by atoms with E-state index in [0.717, 1.165) is 54.8 Å². The number of benzene rings is 4. The highest BCUT2D eigenvalue weighted by atomic mass is 19.1. The molecule has 0 radical (unpaired) electrons. The van der Waals surface area contributed by atoms with Crippen LogP contribution in [0.1, 0.15) is 18.1 Å². The first kappa shape index (κ1) is 21.3. The Labute approximate surface area is 206 Å². The van der Waals surface area contributed by atoms with Gasteiger partial charge in [-0.2, -0.15) is 15.8 Å². The van der Waals surface area contributed by atoms with Crippen molar-refractivity contribution in [3.8, 4) is 51.6 Å². The van der Waals surface area contributed by atoms with Crippen LogP contribution < -0.4 is 5.22 Å². The van der Waals surface area contributed by atoms with E-state index in [1.54, 1.807) is 37.3 Å². The van der Waals surface area contributed by atoms with Gasteiger partial charge in [-0.3, -0.25) is 0 Å². The lowest BCUT2D eigenvalue weighted by molar-refractivity contribution is 0.640. The van der Waals surface area contributed by atoms with Crippen LogP contribution in [0.2, 0.25) is 0 Å². The van der Waals surface area contributed by atoms with Gasteiger partial charge in [-0.25, -0.2) is 4.39 Å². The van der Waals surface area contributed by atoms with E-state index in [4.69, 9.17) is 0 Å². The number of hydrogen-bond acceptors (Lipinski definition) is 3. The molecule has 4 aromatic carbocycles. The third-order valence-electron chi connectivity index (χ3n) is 6.92. The number of halogens is 1. The lowest BCUT2D eigenvalue weighted by atomic mass is 9.96. The van der Waals surface area contributed by atoms with Crippen molar-refractivity contribution in [2.24, 2.45) is 0 Å². The van der Waals surface area contributed by atoms with E-state index < -0.39 is 0 Å². The summed E-state index contributed by atoms with van der Waals surface area (Å²) >= 11 is 0. The second-order valence-electron chi connectivity index (χ2n) is 8.81. The molecule has 6 rings (SSSR count). The minimum absolute atomic E-state index is 0.277. The van der Waals surface area contributed by atoms with Gasteiger partial charge in [0.05, 0.1) is 29.3 Å². The molecule has 0 aromatic heterocycles. The van der Waals surface area contributed by atoms with Crippen molar-refractivity contribution < 1.29 is 4.39 Å². The molecular weight excluding hydrogens is 445 g/mol. The standard InChI is InChI=1S/C32H16FN3/c1-18(15-34)27-28(21-9-5-19(16-35)6-10-21)31-24-4-2-3-23-26(33)14-13-25(30(23)24)32(31)29(27)22-11-7-20(17-36)8-12-22/h2-14H,1H3/b27-18+. The molecule has 0 unspecified atom stereocenters. The zero-order valence-corrected chi connectivity index (χ0v) is 19.2. The maximum atomic E-state index is 14.9. The first-order valence-electron chi connectivity index (χ1n) is 11.4. The second kappa shape index (κ2) is 7.92. The number of hydrogen-bond donors (Lipinski definition) is 0. The third-order valence-corrected chi connectivity index (χ3v) is 6.92. The molecule has 0 fully saturated rings. The van der Waals surface area contributed by atoms with Crippen molar-refractivity contribution in [1.29, 1.82) is 15.8 Å². The zero-order chi connectivity index (χ0) is 25.0. The summed E-state index contributed by atoms with van der Waals surface area (Å²) in [5, 5.41) is 32.7. The van der Waals surface area contributed by atoms with Gasteiger partial charge in [0, 0.05) is 21.6 Å². The number of nitriles is 3. The highest BCUT2D eigenvalue weighted by Crippen LogP contribution is 2.51. The maximum Gasteiger partial charge on any atom is 0.131 e. The van der Waals surface area contributed by atoms with E-state index >= 15 is 0 Å². The van der Waals surface area contributed by atoms with Crippen LogP contribution in [0.25, 0.3) is 60.5 Å². The topological polar surface area (TPSA) is 71.4 Å². The summed E-state index contributed by atoms with van der Waals surface area (Å²) in [6.45, 7) is 1.80. The van der Waals surface area contributed by atoms with E-state index in [9.17, 15) is 20.2 Å². The van der Waals surface area contributed by atoms with Crippen LogP contribution in [0.15, 0.2) is 78.9 Å². The minimum Gasteiger partial charge on any atom is -0.206 e. The zero-order valence-electron chi connectivity index (χ0n) is 19.2. The van der Waals surface area contributed by atoms with Crippen LogP contribution in [-0.2, 0) is 0 Å². The van der Waals surface area contributed by atoms with E-state index in [2.05, 4.69) is 18.2 Å². The monoisotopic (exact) mass is 461 g/mol. The fraction of sp³-hybridized carbons (Fsp3) is 0.0312. The molecule has 2 aliphatic rings. The Morgan fingerprint density at radius 3 is 1.61 bits per heavy atom. The Hall–Kier alpha value is -5.24. The summed E-state index contributed by atoms with van der Waals surface area (Å²) in [4.78, 5) is 0. The van der Waals surface area contributed by atoms with Crippen molar-refractivity contribution >= 4 is 27.1 Å². The molecule has 0 atom stereocenters. The van der Waals surface area contributed by atoms with E-state index in [0.29, 0.717) is 22.1 Å². The molecule has 4 aromatic rings. The molecule has 0 spiro atoms. The van der Waals surface area contributed by atoms with Gasteiger partial charge < -0.3 is 0 Å². The summed E-state index contributed by atoms with van der Waals surface area (Å²) in [5.74, 6) is -0.277. The predicted octanol–water partition coefficient (Wildman–Crippen LogP) is 7.17. The maximum absolute atomic E-state index is 14.9. The van der Waals surface area contributed by atoms with Gasteiger partial charge in [-0.05, 0) is 81.4 Å². The summed E-state index contributed by atoms with van der Waals surface area (Å²) in [6.07, 6.45) is 0. The lowest BCUT2D eigenvalue weighted by Crippen LogP contribution is -2.08. The van der Waals surface area contributed by atoms with Crippen molar-refractivity contribution in [3.63, 3.8) is 0 Å². The number of nitrogens with zero attached hydrogens (tertiary/aromatic N) is 3. The van der Waals surface area contributed by atoms with Gasteiger partial charge in [0.2, 0.25) is 0 Å². The van der Waals surface area contributed by atoms with Crippen molar-refractivity contribution in [2.75, 3.05) is 0 Å². The fourth-order valence-electron chi connectivity index (χ4n) is 5.38. The van der Waals surface area contributed by atoms with Crippen LogP contribution >= 0.6 is 0 Å². The summed E-state index contributed by atoms with van der Waals surface area (Å²) in [7, 11) is 0. The summed E-state index contributed by atoms with van der Waals surface area (Å²) in [5.41, 5.74) is 7.08. The van der Waals surface area contributed by atoms with Crippen molar-refractivity contribution in [3.05, 3.63) is 101 Å². The van der Waals surface area contributed by atoms with Gasteiger partial charge in [0.1, 0.15) is 5.82 Å². The van der Waals surface area contributed by atoms with Gasteiger partial charge in [-0.1, -0.05) is 48.5 Å². The average Bonchev–Trinajstić information content (AvgIpc) is 3.44.